The van der Waals surface area contributed by atoms with Crippen molar-refractivity contribution in [1.82, 2.24) is 15.1 Å². The van der Waals surface area contributed by atoms with E-state index in [2.05, 4.69) is 5.32 Å². The molecule has 1 atom stereocenters. The van der Waals surface area contributed by atoms with E-state index in [1.54, 1.807) is 9.80 Å². The normalized spacial score (nSPS) is 21.6. The van der Waals surface area contributed by atoms with E-state index in [0.717, 1.165) is 32.4 Å². The van der Waals surface area contributed by atoms with Crippen LogP contribution in [0.1, 0.15) is 32.1 Å². The number of carbonyl (C=O) groups is 3. The van der Waals surface area contributed by atoms with Gasteiger partial charge in [0.2, 0.25) is 5.91 Å². The Hall–Kier alpha value is -1.79. The number of hydrogen-bond donors (Lipinski definition) is 2. The molecule has 118 valence electrons. The lowest BCUT2D eigenvalue weighted by molar-refractivity contribution is -0.137. The number of carboxylic acids is 1. The van der Waals surface area contributed by atoms with Crippen LogP contribution < -0.4 is 5.32 Å². The van der Waals surface area contributed by atoms with Gasteiger partial charge in [-0.2, -0.15) is 0 Å². The molecule has 3 amide bonds. The van der Waals surface area contributed by atoms with Crippen molar-refractivity contribution in [3.63, 3.8) is 0 Å². The summed E-state index contributed by atoms with van der Waals surface area (Å²) < 4.78 is 0. The third-order valence-corrected chi connectivity index (χ3v) is 4.19. The van der Waals surface area contributed by atoms with Crippen molar-refractivity contribution in [2.45, 2.75) is 32.1 Å². The van der Waals surface area contributed by atoms with Crippen molar-refractivity contribution in [1.29, 1.82) is 0 Å². The van der Waals surface area contributed by atoms with Gasteiger partial charge in [-0.1, -0.05) is 0 Å². The van der Waals surface area contributed by atoms with E-state index in [1.807, 2.05) is 0 Å². The van der Waals surface area contributed by atoms with Gasteiger partial charge in [-0.05, 0) is 31.6 Å². The highest BCUT2D eigenvalue weighted by molar-refractivity contribution is 5.84. The van der Waals surface area contributed by atoms with Crippen molar-refractivity contribution < 1.29 is 19.5 Å². The first-order chi connectivity index (χ1) is 10.1. The van der Waals surface area contributed by atoms with Gasteiger partial charge in [0.05, 0.1) is 6.54 Å². The molecule has 1 unspecified atom stereocenters. The monoisotopic (exact) mass is 297 g/mol. The summed E-state index contributed by atoms with van der Waals surface area (Å²) in [6, 6.07) is -0.222. The quantitative estimate of drug-likeness (QED) is 0.773. The van der Waals surface area contributed by atoms with Crippen LogP contribution in [0, 0.1) is 5.92 Å². The van der Waals surface area contributed by atoms with Gasteiger partial charge in [0, 0.05) is 32.6 Å². The van der Waals surface area contributed by atoms with Crippen molar-refractivity contribution in [3.8, 4) is 0 Å². The minimum Gasteiger partial charge on any atom is -0.481 e. The van der Waals surface area contributed by atoms with E-state index in [9.17, 15) is 14.4 Å². The van der Waals surface area contributed by atoms with Gasteiger partial charge in [0.15, 0.2) is 0 Å². The molecule has 2 aliphatic rings. The van der Waals surface area contributed by atoms with Gasteiger partial charge in [0.1, 0.15) is 0 Å². The summed E-state index contributed by atoms with van der Waals surface area (Å²) in [5.41, 5.74) is 0. The van der Waals surface area contributed by atoms with E-state index in [-0.39, 0.29) is 30.8 Å². The molecule has 0 aliphatic carbocycles. The SMILES string of the molecule is O=C(O)CCC1CCN(C(=O)NCC(=O)N2CCCC2)C1. The first-order valence-corrected chi connectivity index (χ1v) is 7.58. The maximum atomic E-state index is 12.0. The first-order valence-electron chi connectivity index (χ1n) is 7.58. The number of amides is 3. The number of aliphatic carboxylic acids is 1. The second-order valence-corrected chi connectivity index (χ2v) is 5.78. The van der Waals surface area contributed by atoms with Gasteiger partial charge >= 0.3 is 12.0 Å². The zero-order valence-electron chi connectivity index (χ0n) is 12.2. The van der Waals surface area contributed by atoms with Crippen molar-refractivity contribution in [2.75, 3.05) is 32.7 Å². The Kier molecular flexibility index (Phi) is 5.41. The third-order valence-electron chi connectivity index (χ3n) is 4.19. The maximum absolute atomic E-state index is 12.0. The van der Waals surface area contributed by atoms with Gasteiger partial charge in [-0.3, -0.25) is 9.59 Å². The van der Waals surface area contributed by atoms with Crippen LogP contribution in [0.25, 0.3) is 0 Å². The number of nitrogens with zero attached hydrogens (tertiary/aromatic N) is 2. The smallest absolute Gasteiger partial charge is 0.317 e. The molecule has 0 aromatic heterocycles. The van der Waals surface area contributed by atoms with E-state index in [4.69, 9.17) is 5.11 Å². The van der Waals surface area contributed by atoms with Crippen molar-refractivity contribution in [3.05, 3.63) is 0 Å². The van der Waals surface area contributed by atoms with Gasteiger partial charge < -0.3 is 20.2 Å². The Morgan fingerprint density at radius 3 is 2.48 bits per heavy atom. The molecule has 0 spiro atoms. The van der Waals surface area contributed by atoms with Crippen molar-refractivity contribution >= 4 is 17.9 Å². The molecule has 2 saturated heterocycles. The van der Waals surface area contributed by atoms with Gasteiger partial charge in [-0.25, -0.2) is 4.79 Å². The molecule has 0 bridgehead atoms. The van der Waals surface area contributed by atoms with Gasteiger partial charge in [-0.15, -0.1) is 0 Å². The summed E-state index contributed by atoms with van der Waals surface area (Å²) in [5, 5.41) is 11.3. The third kappa shape index (κ3) is 4.61. The molecule has 2 aliphatic heterocycles. The highest BCUT2D eigenvalue weighted by Crippen LogP contribution is 2.20. The number of likely N-dealkylation sites (tertiary alicyclic amines) is 2. The molecule has 7 nitrogen and oxygen atoms in total. The molecule has 7 heteroatoms. The summed E-state index contributed by atoms with van der Waals surface area (Å²) in [6.45, 7) is 2.84. The topological polar surface area (TPSA) is 90.0 Å². The van der Waals surface area contributed by atoms with Crippen LogP contribution in [0.2, 0.25) is 0 Å². The number of urea groups is 1. The Morgan fingerprint density at radius 2 is 1.81 bits per heavy atom. The summed E-state index contributed by atoms with van der Waals surface area (Å²) in [6.07, 6.45) is 3.66. The number of rotatable bonds is 5. The van der Waals surface area contributed by atoms with E-state index in [0.29, 0.717) is 19.5 Å². The predicted molar refractivity (Wildman–Crippen MR) is 75.8 cm³/mol. The lowest BCUT2D eigenvalue weighted by atomic mass is 10.0. The second-order valence-electron chi connectivity index (χ2n) is 5.78. The summed E-state index contributed by atoms with van der Waals surface area (Å²) in [4.78, 5) is 37.8. The molecule has 0 aromatic rings. The predicted octanol–water partition coefficient (Wildman–Crippen LogP) is 0.505. The molecule has 2 heterocycles. The molecule has 21 heavy (non-hydrogen) atoms. The number of carbonyl (C=O) groups excluding carboxylic acids is 2. The Morgan fingerprint density at radius 1 is 1.10 bits per heavy atom. The van der Waals surface area contributed by atoms with E-state index >= 15 is 0 Å². The minimum absolute atomic E-state index is 0.0255. The van der Waals surface area contributed by atoms with Crippen LogP contribution in [0.15, 0.2) is 0 Å². The highest BCUT2D eigenvalue weighted by atomic mass is 16.4. The highest BCUT2D eigenvalue weighted by Gasteiger charge is 2.27. The average Bonchev–Trinajstić information content (AvgIpc) is 3.12. The minimum atomic E-state index is -0.797. The number of hydrogen-bond acceptors (Lipinski definition) is 3. The lowest BCUT2D eigenvalue weighted by Gasteiger charge is -2.19. The summed E-state index contributed by atoms with van der Waals surface area (Å²) >= 11 is 0. The molecule has 2 rings (SSSR count). The molecular weight excluding hydrogens is 274 g/mol. The Balaban J connectivity index is 1.67. The molecule has 0 aromatic carbocycles. The second kappa shape index (κ2) is 7.28. The van der Waals surface area contributed by atoms with Crippen LogP contribution >= 0.6 is 0 Å². The first kappa shape index (κ1) is 15.6. The van der Waals surface area contributed by atoms with Crippen LogP contribution in [-0.2, 0) is 9.59 Å². The fourth-order valence-electron chi connectivity index (χ4n) is 2.92. The fourth-order valence-corrected chi connectivity index (χ4v) is 2.92. The van der Waals surface area contributed by atoms with Crippen LogP contribution in [-0.4, -0.2) is 65.5 Å². The summed E-state index contributed by atoms with van der Waals surface area (Å²) in [5.74, 6) is -0.572. The molecular formula is C14H23N3O4. The average molecular weight is 297 g/mol. The number of carboxylic acid groups (broad SMARTS) is 1. The standard InChI is InChI=1S/C14H23N3O4/c18-12(16-6-1-2-7-16)9-15-14(21)17-8-5-11(10-17)3-4-13(19)20/h11H,1-10H2,(H,15,21)(H,19,20). The molecule has 2 N–H and O–H groups in total. The van der Waals surface area contributed by atoms with E-state index in [1.165, 1.54) is 0 Å². The van der Waals surface area contributed by atoms with E-state index < -0.39 is 5.97 Å². The molecule has 0 radical (unpaired) electrons. The Labute approximate surface area is 124 Å². The summed E-state index contributed by atoms with van der Waals surface area (Å²) in [7, 11) is 0. The Bertz CT molecular complexity index is 407. The molecule has 0 saturated carbocycles. The zero-order valence-corrected chi connectivity index (χ0v) is 12.2. The van der Waals surface area contributed by atoms with Crippen LogP contribution in [0.4, 0.5) is 4.79 Å². The van der Waals surface area contributed by atoms with Crippen LogP contribution in [0.3, 0.4) is 0 Å². The fraction of sp³-hybridized carbons (Fsp3) is 0.786. The van der Waals surface area contributed by atoms with Crippen molar-refractivity contribution in [2.24, 2.45) is 5.92 Å². The lowest BCUT2D eigenvalue weighted by Crippen LogP contribution is -2.44. The van der Waals surface area contributed by atoms with Gasteiger partial charge in [0.25, 0.3) is 0 Å². The molecule has 2 fully saturated rings. The zero-order chi connectivity index (χ0) is 15.2. The maximum Gasteiger partial charge on any atom is 0.317 e. The number of nitrogens with one attached hydrogen (secondary N) is 1. The van der Waals surface area contributed by atoms with Crippen LogP contribution in [0.5, 0.6) is 0 Å². The largest absolute Gasteiger partial charge is 0.481 e.